The molecule has 0 aliphatic carbocycles. The molecule has 5 rings (SSSR count). The predicted molar refractivity (Wildman–Crippen MR) is 102 cm³/mol. The average molecular weight is 416 g/mol. The number of anilines is 1. The Bertz CT molecular complexity index is 920. The second-order valence-corrected chi connectivity index (χ2v) is 8.13. The Morgan fingerprint density at radius 3 is 2.67 bits per heavy atom. The van der Waals surface area contributed by atoms with Crippen molar-refractivity contribution < 1.29 is 28.4 Å². The topological polar surface area (TPSA) is 105 Å². The van der Waals surface area contributed by atoms with Crippen LogP contribution in [0.2, 0.25) is 0 Å². The number of rotatable bonds is 3. The van der Waals surface area contributed by atoms with E-state index >= 15 is 0 Å². The maximum Gasteiger partial charge on any atom is 0.409 e. The normalized spacial score (nSPS) is 32.1. The fourth-order valence-corrected chi connectivity index (χ4v) is 4.99. The van der Waals surface area contributed by atoms with Crippen LogP contribution >= 0.6 is 0 Å². The van der Waals surface area contributed by atoms with Gasteiger partial charge in [-0.1, -0.05) is 17.3 Å². The number of amides is 3. The van der Waals surface area contributed by atoms with Crippen molar-refractivity contribution in [2.24, 2.45) is 11.8 Å². The third-order valence-electron chi connectivity index (χ3n) is 6.39. The summed E-state index contributed by atoms with van der Waals surface area (Å²) in [5.41, 5.74) is -0.804. The lowest BCUT2D eigenvalue weighted by molar-refractivity contribution is -0.141. The summed E-state index contributed by atoms with van der Waals surface area (Å²) in [6, 6.07) is 1.71. The fraction of sp³-hybridized carbons (Fsp3) is 0.600. The summed E-state index contributed by atoms with van der Waals surface area (Å²) < 4.78 is 16.3. The number of piperazine rings is 1. The van der Waals surface area contributed by atoms with Crippen LogP contribution < -0.4 is 4.90 Å². The Morgan fingerprint density at radius 1 is 1.27 bits per heavy atom. The van der Waals surface area contributed by atoms with Gasteiger partial charge in [-0.15, -0.1) is 0 Å². The van der Waals surface area contributed by atoms with Gasteiger partial charge in [-0.25, -0.2) is 4.79 Å². The van der Waals surface area contributed by atoms with Gasteiger partial charge in [0.15, 0.2) is 5.82 Å². The molecular weight excluding hydrogens is 392 g/mol. The third kappa shape index (κ3) is 2.73. The number of hydrogen-bond donors (Lipinski definition) is 0. The first-order valence-electron chi connectivity index (χ1n) is 10.3. The Hall–Kier alpha value is -2.88. The Labute approximate surface area is 173 Å². The van der Waals surface area contributed by atoms with E-state index < -0.39 is 23.5 Å². The molecule has 1 aromatic heterocycles. The molecule has 1 spiro atoms. The third-order valence-corrected chi connectivity index (χ3v) is 6.39. The smallest absolute Gasteiger partial charge is 0.409 e. The summed E-state index contributed by atoms with van der Waals surface area (Å²) in [6.07, 6.45) is 3.03. The summed E-state index contributed by atoms with van der Waals surface area (Å²) in [5, 5.41) is 3.96. The van der Waals surface area contributed by atoms with Crippen LogP contribution in [0.25, 0.3) is 0 Å². The molecule has 0 N–H and O–H groups in total. The molecule has 160 valence electrons. The highest BCUT2D eigenvalue weighted by atomic mass is 16.6. The summed E-state index contributed by atoms with van der Waals surface area (Å²) >= 11 is 0. The molecule has 4 aliphatic rings. The maximum atomic E-state index is 13.4. The monoisotopic (exact) mass is 416 g/mol. The van der Waals surface area contributed by atoms with Crippen LogP contribution in [0.4, 0.5) is 10.6 Å². The molecule has 1 aromatic rings. The molecule has 0 aromatic carbocycles. The minimum absolute atomic E-state index is 0.105. The van der Waals surface area contributed by atoms with Crippen molar-refractivity contribution in [2.75, 3.05) is 44.2 Å². The van der Waals surface area contributed by atoms with E-state index in [0.717, 1.165) is 0 Å². The van der Waals surface area contributed by atoms with Crippen LogP contribution in [-0.2, 0) is 19.1 Å². The molecule has 10 nitrogen and oxygen atoms in total. The standard InChI is InChI=1S/C20H24N4O6/c1-3-28-19(27)23-8-6-22(7-9-23)17(25)15-13-4-5-20(29-13)11-24(18(26)16(15)20)14-10-12(2)30-21-14/h4-5,10,13,15-16H,3,6-9,11H2,1-2H3/t13-,15+,16+,20+/m1/s1. The molecule has 3 amide bonds. The van der Waals surface area contributed by atoms with Gasteiger partial charge in [-0.2, -0.15) is 0 Å². The van der Waals surface area contributed by atoms with Gasteiger partial charge in [0.25, 0.3) is 0 Å². The lowest BCUT2D eigenvalue weighted by atomic mass is 9.76. The van der Waals surface area contributed by atoms with Gasteiger partial charge >= 0.3 is 6.09 Å². The summed E-state index contributed by atoms with van der Waals surface area (Å²) in [5.74, 6) is -0.379. The molecule has 3 fully saturated rings. The van der Waals surface area contributed by atoms with E-state index in [1.165, 1.54) is 0 Å². The number of fused-ring (bicyclic) bond motifs is 1. The highest BCUT2D eigenvalue weighted by Crippen LogP contribution is 2.53. The molecule has 30 heavy (non-hydrogen) atoms. The summed E-state index contributed by atoms with van der Waals surface area (Å²) in [6.45, 7) is 5.79. The van der Waals surface area contributed by atoms with Crippen LogP contribution in [0.15, 0.2) is 22.7 Å². The predicted octanol–water partition coefficient (Wildman–Crippen LogP) is 0.570. The Kier molecular flexibility index (Phi) is 4.35. The molecular formula is C20H24N4O6. The summed E-state index contributed by atoms with van der Waals surface area (Å²) in [7, 11) is 0. The summed E-state index contributed by atoms with van der Waals surface area (Å²) in [4.78, 5) is 43.5. The molecule has 0 unspecified atom stereocenters. The number of aromatic nitrogens is 1. The highest BCUT2D eigenvalue weighted by Gasteiger charge is 2.67. The number of ether oxygens (including phenoxy) is 2. The first-order valence-corrected chi connectivity index (χ1v) is 10.3. The van der Waals surface area contributed by atoms with Gasteiger partial charge in [0.1, 0.15) is 11.4 Å². The van der Waals surface area contributed by atoms with Crippen molar-refractivity contribution in [3.63, 3.8) is 0 Å². The molecule has 4 aliphatic heterocycles. The van der Waals surface area contributed by atoms with Crippen molar-refractivity contribution >= 4 is 23.7 Å². The average Bonchev–Trinajstić information content (AvgIpc) is 3.49. The second-order valence-electron chi connectivity index (χ2n) is 8.13. The van der Waals surface area contributed by atoms with Crippen LogP contribution in [0.5, 0.6) is 0 Å². The molecule has 3 saturated heterocycles. The number of aryl methyl sites for hydroxylation is 1. The Balaban J connectivity index is 1.32. The van der Waals surface area contributed by atoms with Crippen molar-refractivity contribution in [2.45, 2.75) is 25.6 Å². The first kappa shape index (κ1) is 19.1. The first-order chi connectivity index (χ1) is 14.4. The van der Waals surface area contributed by atoms with Crippen LogP contribution in [-0.4, -0.2) is 83.9 Å². The van der Waals surface area contributed by atoms with Gasteiger partial charge in [-0.05, 0) is 13.8 Å². The Morgan fingerprint density at radius 2 is 2.00 bits per heavy atom. The van der Waals surface area contributed by atoms with Gasteiger partial charge in [0.05, 0.1) is 31.1 Å². The number of carbonyl (C=O) groups excluding carboxylic acids is 3. The second kappa shape index (κ2) is 6.83. The lowest BCUT2D eigenvalue weighted by Crippen LogP contribution is -2.54. The zero-order chi connectivity index (χ0) is 21.0. The zero-order valence-electron chi connectivity index (χ0n) is 16.9. The van der Waals surface area contributed by atoms with Gasteiger partial charge < -0.3 is 23.8 Å². The number of nitrogens with zero attached hydrogens (tertiary/aromatic N) is 4. The van der Waals surface area contributed by atoms with Gasteiger partial charge in [-0.3, -0.25) is 14.5 Å². The van der Waals surface area contributed by atoms with E-state index in [4.69, 9.17) is 14.0 Å². The zero-order valence-corrected chi connectivity index (χ0v) is 16.9. The maximum absolute atomic E-state index is 13.4. The van der Waals surface area contributed by atoms with E-state index in [1.807, 2.05) is 12.2 Å². The highest BCUT2D eigenvalue weighted by molar-refractivity contribution is 6.02. The minimum Gasteiger partial charge on any atom is -0.450 e. The molecule has 10 heteroatoms. The van der Waals surface area contributed by atoms with Crippen molar-refractivity contribution in [3.8, 4) is 0 Å². The minimum atomic E-state index is -0.804. The van der Waals surface area contributed by atoms with Crippen LogP contribution in [0, 0.1) is 18.8 Å². The van der Waals surface area contributed by atoms with E-state index in [2.05, 4.69) is 5.16 Å². The molecule has 4 atom stereocenters. The molecule has 5 heterocycles. The quantitative estimate of drug-likeness (QED) is 0.664. The van der Waals surface area contributed by atoms with Crippen molar-refractivity contribution in [1.29, 1.82) is 0 Å². The van der Waals surface area contributed by atoms with E-state index in [9.17, 15) is 14.4 Å². The van der Waals surface area contributed by atoms with Crippen LogP contribution in [0.3, 0.4) is 0 Å². The van der Waals surface area contributed by atoms with E-state index in [1.54, 1.807) is 34.6 Å². The molecule has 0 saturated carbocycles. The van der Waals surface area contributed by atoms with Crippen molar-refractivity contribution in [3.05, 3.63) is 24.0 Å². The molecule has 0 radical (unpaired) electrons. The van der Waals surface area contributed by atoms with Gasteiger partial charge in [0, 0.05) is 32.2 Å². The largest absolute Gasteiger partial charge is 0.450 e. The number of carbonyl (C=O) groups is 3. The van der Waals surface area contributed by atoms with E-state index in [-0.39, 0.29) is 17.9 Å². The van der Waals surface area contributed by atoms with Crippen LogP contribution in [0.1, 0.15) is 12.7 Å². The fourth-order valence-electron chi connectivity index (χ4n) is 4.99. The lowest BCUT2D eigenvalue weighted by Gasteiger charge is -2.36. The van der Waals surface area contributed by atoms with Gasteiger partial charge in [0.2, 0.25) is 11.8 Å². The van der Waals surface area contributed by atoms with Crippen molar-refractivity contribution in [1.82, 2.24) is 15.0 Å². The number of hydrogen-bond acceptors (Lipinski definition) is 7. The van der Waals surface area contributed by atoms with E-state index in [0.29, 0.717) is 50.9 Å². The SMILES string of the molecule is CCOC(=O)N1CCN(C(=O)[C@@H]2[C@H]3C(=O)N(c4cc(C)on4)C[C@@]34C=C[C@H]2O4)CC1. The molecule has 2 bridgehead atoms.